The minimum atomic E-state index is -4.36. The second-order valence-corrected chi connectivity index (χ2v) is 12.5. The molecule has 0 bridgehead atoms. The van der Waals surface area contributed by atoms with E-state index in [1.165, 1.54) is 35.2 Å². The maximum absolute atomic E-state index is 14.4. The van der Waals surface area contributed by atoms with Gasteiger partial charge in [-0.3, -0.25) is 24.0 Å². The van der Waals surface area contributed by atoms with Gasteiger partial charge in [0.2, 0.25) is 11.8 Å². The summed E-state index contributed by atoms with van der Waals surface area (Å²) in [7, 11) is -4.36. The molecule has 0 aliphatic heterocycles. The molecule has 4 aromatic rings. The van der Waals surface area contributed by atoms with Crippen molar-refractivity contribution in [2.45, 2.75) is 44.2 Å². The molecule has 0 aromatic heterocycles. The van der Waals surface area contributed by atoms with Gasteiger partial charge in [-0.2, -0.15) is 0 Å². The number of nitrogens with one attached hydrogen (secondary N) is 1. The first kappa shape index (κ1) is 32.9. The molecule has 0 unspecified atom stereocenters. The summed E-state index contributed by atoms with van der Waals surface area (Å²) in [5, 5.41) is 14.5. The molecular formula is C34H36N4O6S. The lowest BCUT2D eigenvalue weighted by Gasteiger charge is -2.34. The van der Waals surface area contributed by atoms with Crippen molar-refractivity contribution in [2.75, 3.05) is 17.4 Å². The summed E-state index contributed by atoms with van der Waals surface area (Å²) >= 11 is 0. The van der Waals surface area contributed by atoms with E-state index in [2.05, 4.69) is 5.32 Å². The van der Waals surface area contributed by atoms with Crippen LogP contribution in [-0.2, 0) is 32.6 Å². The van der Waals surface area contributed by atoms with Gasteiger partial charge in [-0.1, -0.05) is 91.3 Å². The molecule has 0 fully saturated rings. The number of benzene rings is 4. The van der Waals surface area contributed by atoms with Gasteiger partial charge in [0.25, 0.3) is 15.7 Å². The SMILES string of the molecule is CCCNC(=O)[C@H](Cc1ccccc1)N(Cc1cccc(C)c1)C(=O)CN(c1cccc([N+](=O)[O-])c1)S(=O)(=O)c1ccccc1. The highest BCUT2D eigenvalue weighted by atomic mass is 32.2. The number of non-ortho nitro benzene ring substituents is 1. The van der Waals surface area contributed by atoms with Crippen molar-refractivity contribution in [3.8, 4) is 0 Å². The molecule has 234 valence electrons. The minimum absolute atomic E-state index is 0.0335. The lowest BCUT2D eigenvalue weighted by Crippen LogP contribution is -2.53. The summed E-state index contributed by atoms with van der Waals surface area (Å²) in [6.45, 7) is 3.58. The molecule has 1 N–H and O–H groups in total. The molecule has 0 heterocycles. The van der Waals surface area contributed by atoms with Gasteiger partial charge < -0.3 is 10.2 Å². The topological polar surface area (TPSA) is 130 Å². The fraction of sp³-hybridized carbons (Fsp3) is 0.235. The van der Waals surface area contributed by atoms with Crippen LogP contribution in [0.15, 0.2) is 114 Å². The number of hydrogen-bond acceptors (Lipinski definition) is 6. The molecule has 0 aliphatic carbocycles. The predicted octanol–water partition coefficient (Wildman–Crippen LogP) is 5.26. The zero-order chi connectivity index (χ0) is 32.4. The molecule has 2 amide bonds. The number of nitrogens with zero attached hydrogens (tertiary/aromatic N) is 3. The first-order valence-electron chi connectivity index (χ1n) is 14.6. The van der Waals surface area contributed by atoms with Crippen molar-refractivity contribution >= 4 is 33.2 Å². The smallest absolute Gasteiger partial charge is 0.271 e. The molecule has 11 heteroatoms. The Morgan fingerprint density at radius 1 is 0.867 bits per heavy atom. The Labute approximate surface area is 263 Å². The molecule has 0 aliphatic rings. The van der Waals surface area contributed by atoms with Crippen LogP contribution in [0.25, 0.3) is 0 Å². The molecule has 0 spiro atoms. The van der Waals surface area contributed by atoms with Crippen LogP contribution < -0.4 is 9.62 Å². The number of amides is 2. The largest absolute Gasteiger partial charge is 0.354 e. The fourth-order valence-corrected chi connectivity index (χ4v) is 6.36. The van der Waals surface area contributed by atoms with Crippen molar-refractivity contribution in [3.63, 3.8) is 0 Å². The maximum Gasteiger partial charge on any atom is 0.271 e. The summed E-state index contributed by atoms with van der Waals surface area (Å²) in [4.78, 5) is 40.4. The summed E-state index contributed by atoms with van der Waals surface area (Å²) < 4.78 is 28.9. The monoisotopic (exact) mass is 628 g/mol. The highest BCUT2D eigenvalue weighted by Gasteiger charge is 2.35. The van der Waals surface area contributed by atoms with E-state index in [0.717, 1.165) is 27.1 Å². The second-order valence-electron chi connectivity index (χ2n) is 10.6. The molecule has 0 saturated carbocycles. The lowest BCUT2D eigenvalue weighted by molar-refractivity contribution is -0.384. The number of nitro groups is 1. The van der Waals surface area contributed by atoms with Gasteiger partial charge in [0.15, 0.2) is 0 Å². The number of rotatable bonds is 14. The molecule has 45 heavy (non-hydrogen) atoms. The third-order valence-electron chi connectivity index (χ3n) is 7.19. The summed E-state index contributed by atoms with van der Waals surface area (Å²) in [5.41, 5.74) is 2.17. The molecule has 1 atom stereocenters. The van der Waals surface area contributed by atoms with Crippen LogP contribution in [0, 0.1) is 17.0 Å². The van der Waals surface area contributed by atoms with Gasteiger partial charge in [-0.25, -0.2) is 8.42 Å². The second kappa shape index (κ2) is 15.1. The number of nitro benzene ring substituents is 1. The third kappa shape index (κ3) is 8.54. The summed E-state index contributed by atoms with van der Waals surface area (Å²) in [5.74, 6) is -1.01. The Hall–Kier alpha value is -5.03. The number of carbonyl (C=O) groups is 2. The van der Waals surface area contributed by atoms with Crippen molar-refractivity contribution < 1.29 is 22.9 Å². The Bertz CT molecular complexity index is 1730. The Kier molecular flexibility index (Phi) is 11.0. The van der Waals surface area contributed by atoms with E-state index < -0.39 is 33.4 Å². The van der Waals surface area contributed by atoms with E-state index >= 15 is 0 Å². The van der Waals surface area contributed by atoms with E-state index in [1.54, 1.807) is 18.2 Å². The maximum atomic E-state index is 14.4. The normalized spacial score (nSPS) is 11.8. The molecule has 4 rings (SSSR count). The van der Waals surface area contributed by atoms with E-state index in [0.29, 0.717) is 13.0 Å². The zero-order valence-electron chi connectivity index (χ0n) is 25.2. The van der Waals surface area contributed by atoms with Gasteiger partial charge in [-0.05, 0) is 42.7 Å². The highest BCUT2D eigenvalue weighted by Crippen LogP contribution is 2.28. The lowest BCUT2D eigenvalue weighted by atomic mass is 10.0. The van der Waals surface area contributed by atoms with Gasteiger partial charge in [0.1, 0.15) is 12.6 Å². The van der Waals surface area contributed by atoms with E-state index in [1.807, 2.05) is 68.4 Å². The number of anilines is 1. The molecule has 0 saturated heterocycles. The minimum Gasteiger partial charge on any atom is -0.354 e. The Balaban J connectivity index is 1.82. The zero-order valence-corrected chi connectivity index (χ0v) is 26.0. The molecular weight excluding hydrogens is 592 g/mol. The van der Waals surface area contributed by atoms with Crippen LogP contribution in [0.4, 0.5) is 11.4 Å². The Morgan fingerprint density at radius 3 is 2.16 bits per heavy atom. The summed E-state index contributed by atoms with van der Waals surface area (Å²) in [6.07, 6.45) is 0.877. The first-order valence-corrected chi connectivity index (χ1v) is 16.0. The molecule has 10 nitrogen and oxygen atoms in total. The number of aryl methyl sites for hydroxylation is 1. The summed E-state index contributed by atoms with van der Waals surface area (Å²) in [6, 6.07) is 28.5. The first-order chi connectivity index (χ1) is 21.6. The molecule has 0 radical (unpaired) electrons. The van der Waals surface area contributed by atoms with Crippen LogP contribution >= 0.6 is 0 Å². The van der Waals surface area contributed by atoms with Crippen molar-refractivity contribution in [2.24, 2.45) is 0 Å². The van der Waals surface area contributed by atoms with Crippen LogP contribution in [0.1, 0.15) is 30.0 Å². The highest BCUT2D eigenvalue weighted by molar-refractivity contribution is 7.92. The molecule has 4 aromatic carbocycles. The van der Waals surface area contributed by atoms with Gasteiger partial charge in [0, 0.05) is 31.6 Å². The van der Waals surface area contributed by atoms with E-state index in [4.69, 9.17) is 0 Å². The average Bonchev–Trinajstić information content (AvgIpc) is 3.04. The fourth-order valence-electron chi connectivity index (χ4n) is 4.94. The standard InChI is InChI=1S/C34H36N4O6S/c1-3-20-35-34(40)32(22-27-13-6-4-7-14-27)36(24-28-15-10-12-26(2)21-28)33(39)25-37(29-16-11-17-30(23-29)38(41)42)45(43,44)31-18-8-5-9-19-31/h4-19,21,23,32H,3,20,22,24-25H2,1-2H3,(H,35,40)/t32-/m0/s1. The van der Waals surface area contributed by atoms with Crippen molar-refractivity contribution in [1.29, 1.82) is 0 Å². The van der Waals surface area contributed by atoms with Gasteiger partial charge in [0.05, 0.1) is 15.5 Å². The van der Waals surface area contributed by atoms with Gasteiger partial charge in [-0.15, -0.1) is 0 Å². The predicted molar refractivity (Wildman–Crippen MR) is 173 cm³/mol. The number of hydrogen-bond donors (Lipinski definition) is 1. The average molecular weight is 629 g/mol. The van der Waals surface area contributed by atoms with Crippen LogP contribution in [0.3, 0.4) is 0 Å². The van der Waals surface area contributed by atoms with Crippen LogP contribution in [0.2, 0.25) is 0 Å². The van der Waals surface area contributed by atoms with Crippen molar-refractivity contribution in [1.82, 2.24) is 10.2 Å². The van der Waals surface area contributed by atoms with E-state index in [-0.39, 0.29) is 35.1 Å². The van der Waals surface area contributed by atoms with Crippen LogP contribution in [-0.4, -0.2) is 49.2 Å². The van der Waals surface area contributed by atoms with Crippen LogP contribution in [0.5, 0.6) is 0 Å². The Morgan fingerprint density at radius 2 is 1.51 bits per heavy atom. The third-order valence-corrected chi connectivity index (χ3v) is 8.98. The van der Waals surface area contributed by atoms with E-state index in [9.17, 15) is 28.1 Å². The van der Waals surface area contributed by atoms with Gasteiger partial charge >= 0.3 is 0 Å². The number of carbonyl (C=O) groups excluding carboxylic acids is 2. The quantitative estimate of drug-likeness (QED) is 0.150. The number of sulfonamides is 1. The van der Waals surface area contributed by atoms with Crippen molar-refractivity contribution in [3.05, 3.63) is 136 Å².